The highest BCUT2D eigenvalue weighted by atomic mass is 19.1. The maximum Gasteiger partial charge on any atom is 0.231 e. The number of aromatic nitrogens is 2. The van der Waals surface area contributed by atoms with Crippen LogP contribution in [0.25, 0.3) is 11.4 Å². The number of rotatable bonds is 12. The van der Waals surface area contributed by atoms with Gasteiger partial charge in [-0.25, -0.2) is 9.37 Å². The van der Waals surface area contributed by atoms with Gasteiger partial charge in [0.25, 0.3) is 0 Å². The number of methoxy groups -OCH3 is 1. The molecule has 38 heavy (non-hydrogen) atoms. The van der Waals surface area contributed by atoms with Crippen molar-refractivity contribution in [1.82, 2.24) is 14.5 Å². The number of unbranched alkanes of at least 4 members (excludes halogenated alkanes) is 1. The van der Waals surface area contributed by atoms with E-state index in [1.807, 2.05) is 24.4 Å². The molecule has 3 aromatic carbocycles. The van der Waals surface area contributed by atoms with Gasteiger partial charge in [-0.1, -0.05) is 31.5 Å². The molecule has 1 aromatic heterocycles. The Kier molecular flexibility index (Phi) is 8.24. The first-order valence-corrected chi connectivity index (χ1v) is 13.2. The number of nitrogens with zero attached hydrogens (tertiary/aromatic N) is 3. The molecule has 0 bridgehead atoms. The van der Waals surface area contributed by atoms with Crippen molar-refractivity contribution < 1.29 is 18.6 Å². The summed E-state index contributed by atoms with van der Waals surface area (Å²) in [7, 11) is 1.68. The van der Waals surface area contributed by atoms with Crippen LogP contribution in [0.4, 0.5) is 4.39 Å². The number of ether oxygens (including phenoxy) is 3. The average molecular weight is 516 g/mol. The minimum Gasteiger partial charge on any atom is -0.497 e. The SMILES string of the molecule is CCCCn1c(CN(CCc2ccc(OC)cc2)Cc2ccc3c(c2)OCO3)cnc1-c1ccc(F)cc1. The second-order valence-electron chi connectivity index (χ2n) is 9.58. The zero-order chi connectivity index (χ0) is 26.3. The number of hydrogen-bond acceptors (Lipinski definition) is 5. The molecule has 0 N–H and O–H groups in total. The highest BCUT2D eigenvalue weighted by molar-refractivity contribution is 5.56. The average Bonchev–Trinajstić information content (AvgIpc) is 3.58. The number of hydrogen-bond donors (Lipinski definition) is 0. The van der Waals surface area contributed by atoms with Crippen LogP contribution in [0.5, 0.6) is 17.2 Å². The molecule has 2 heterocycles. The largest absolute Gasteiger partial charge is 0.497 e. The molecule has 7 heteroatoms. The van der Waals surface area contributed by atoms with Gasteiger partial charge >= 0.3 is 0 Å². The molecule has 198 valence electrons. The van der Waals surface area contributed by atoms with Crippen molar-refractivity contribution in [3.05, 3.63) is 95.6 Å². The summed E-state index contributed by atoms with van der Waals surface area (Å²) in [5.41, 5.74) is 4.50. The molecule has 0 atom stereocenters. The van der Waals surface area contributed by atoms with Crippen LogP contribution < -0.4 is 14.2 Å². The van der Waals surface area contributed by atoms with E-state index in [1.54, 1.807) is 19.2 Å². The van der Waals surface area contributed by atoms with E-state index in [-0.39, 0.29) is 12.6 Å². The molecule has 0 saturated carbocycles. The minimum absolute atomic E-state index is 0.242. The molecule has 5 rings (SSSR count). The Hall–Kier alpha value is -3.84. The number of imidazole rings is 1. The van der Waals surface area contributed by atoms with Crippen molar-refractivity contribution in [1.29, 1.82) is 0 Å². The van der Waals surface area contributed by atoms with Gasteiger partial charge in [0.2, 0.25) is 6.79 Å². The van der Waals surface area contributed by atoms with Crippen LogP contribution in [-0.4, -0.2) is 34.9 Å². The quantitative estimate of drug-likeness (QED) is 0.216. The summed E-state index contributed by atoms with van der Waals surface area (Å²) in [6.45, 7) is 5.69. The van der Waals surface area contributed by atoms with Gasteiger partial charge < -0.3 is 18.8 Å². The summed E-state index contributed by atoms with van der Waals surface area (Å²) in [4.78, 5) is 7.22. The first-order chi connectivity index (χ1) is 18.6. The van der Waals surface area contributed by atoms with Crippen LogP contribution in [0.2, 0.25) is 0 Å². The number of benzene rings is 3. The first kappa shape index (κ1) is 25.8. The number of fused-ring (bicyclic) bond motifs is 1. The van der Waals surface area contributed by atoms with Gasteiger partial charge in [0.05, 0.1) is 19.0 Å². The van der Waals surface area contributed by atoms with Crippen molar-refractivity contribution in [2.45, 2.75) is 45.8 Å². The van der Waals surface area contributed by atoms with Crippen LogP contribution in [0.15, 0.2) is 72.9 Å². The van der Waals surface area contributed by atoms with Crippen molar-refractivity contribution in [2.24, 2.45) is 0 Å². The van der Waals surface area contributed by atoms with Crippen LogP contribution in [0.1, 0.15) is 36.6 Å². The highest BCUT2D eigenvalue weighted by Gasteiger charge is 2.18. The first-order valence-electron chi connectivity index (χ1n) is 13.2. The fourth-order valence-corrected chi connectivity index (χ4v) is 4.75. The fourth-order valence-electron chi connectivity index (χ4n) is 4.75. The third kappa shape index (κ3) is 6.17. The summed E-state index contributed by atoms with van der Waals surface area (Å²) < 4.78 is 32.3. The maximum absolute atomic E-state index is 13.6. The molecule has 1 aliphatic heterocycles. The number of halogens is 1. The second-order valence-corrected chi connectivity index (χ2v) is 9.58. The maximum atomic E-state index is 13.6. The van der Waals surface area contributed by atoms with Crippen molar-refractivity contribution in [3.8, 4) is 28.6 Å². The normalized spacial score (nSPS) is 12.3. The Morgan fingerprint density at radius 1 is 0.947 bits per heavy atom. The summed E-state index contributed by atoms with van der Waals surface area (Å²) in [5, 5.41) is 0. The van der Waals surface area contributed by atoms with E-state index in [0.717, 1.165) is 79.8 Å². The third-order valence-electron chi connectivity index (χ3n) is 6.88. The Bertz CT molecular complexity index is 1340. The molecule has 0 aliphatic carbocycles. The molecule has 0 radical (unpaired) electrons. The Morgan fingerprint density at radius 3 is 2.47 bits per heavy atom. The lowest BCUT2D eigenvalue weighted by atomic mass is 10.1. The molecular formula is C31H34FN3O3. The standard InChI is InChI=1S/C31H34FN3O3/c1-3-4-16-35-27(19-33-31(35)25-8-10-26(32)11-9-25)21-34(17-15-23-5-12-28(36-2)13-6-23)20-24-7-14-29-30(18-24)38-22-37-29/h5-14,18-19H,3-4,15-17,20-22H2,1-2H3. The summed E-state index contributed by atoms with van der Waals surface area (Å²) in [6.07, 6.45) is 5.00. The summed E-state index contributed by atoms with van der Waals surface area (Å²) >= 11 is 0. The van der Waals surface area contributed by atoms with E-state index >= 15 is 0 Å². The highest BCUT2D eigenvalue weighted by Crippen LogP contribution is 2.33. The zero-order valence-corrected chi connectivity index (χ0v) is 22.0. The van der Waals surface area contributed by atoms with E-state index in [9.17, 15) is 4.39 Å². The van der Waals surface area contributed by atoms with Crippen molar-refractivity contribution >= 4 is 0 Å². The predicted octanol–water partition coefficient (Wildman–Crippen LogP) is 6.47. The predicted molar refractivity (Wildman–Crippen MR) is 146 cm³/mol. The van der Waals surface area contributed by atoms with Gasteiger partial charge in [-0.3, -0.25) is 4.90 Å². The molecule has 0 spiro atoms. The minimum atomic E-state index is -0.242. The lowest BCUT2D eigenvalue weighted by Gasteiger charge is -2.24. The Labute approximate surface area is 223 Å². The van der Waals surface area contributed by atoms with Crippen LogP contribution >= 0.6 is 0 Å². The van der Waals surface area contributed by atoms with E-state index in [2.05, 4.69) is 40.7 Å². The van der Waals surface area contributed by atoms with E-state index in [4.69, 9.17) is 19.2 Å². The lowest BCUT2D eigenvalue weighted by molar-refractivity contribution is 0.174. The molecule has 1 aliphatic rings. The van der Waals surface area contributed by atoms with Crippen LogP contribution in [0.3, 0.4) is 0 Å². The molecule has 4 aromatic rings. The van der Waals surface area contributed by atoms with Crippen molar-refractivity contribution in [3.63, 3.8) is 0 Å². The Balaban J connectivity index is 1.40. The van der Waals surface area contributed by atoms with Gasteiger partial charge in [-0.05, 0) is 72.5 Å². The van der Waals surface area contributed by atoms with Gasteiger partial charge in [0.1, 0.15) is 17.4 Å². The summed E-state index contributed by atoms with van der Waals surface area (Å²) in [5.74, 6) is 3.09. The van der Waals surface area contributed by atoms with Gasteiger partial charge in [-0.2, -0.15) is 0 Å². The van der Waals surface area contributed by atoms with Crippen LogP contribution in [-0.2, 0) is 26.1 Å². The molecule has 0 unspecified atom stereocenters. The van der Waals surface area contributed by atoms with Gasteiger partial charge in [0.15, 0.2) is 11.5 Å². The molecule has 0 amide bonds. The molecule has 0 fully saturated rings. The summed E-state index contributed by atoms with van der Waals surface area (Å²) in [6, 6.07) is 21.0. The van der Waals surface area contributed by atoms with Gasteiger partial charge in [-0.15, -0.1) is 0 Å². The van der Waals surface area contributed by atoms with Crippen molar-refractivity contribution in [2.75, 3.05) is 20.4 Å². The zero-order valence-electron chi connectivity index (χ0n) is 22.0. The molecule has 0 saturated heterocycles. The van der Waals surface area contributed by atoms with Crippen LogP contribution in [0, 0.1) is 5.82 Å². The lowest BCUT2D eigenvalue weighted by Crippen LogP contribution is -2.27. The monoisotopic (exact) mass is 515 g/mol. The second kappa shape index (κ2) is 12.1. The smallest absolute Gasteiger partial charge is 0.231 e. The molecule has 6 nitrogen and oxygen atoms in total. The topological polar surface area (TPSA) is 48.8 Å². The van der Waals surface area contributed by atoms with E-state index in [1.165, 1.54) is 23.3 Å². The van der Waals surface area contributed by atoms with E-state index in [0.29, 0.717) is 0 Å². The van der Waals surface area contributed by atoms with Gasteiger partial charge in [0, 0.05) is 31.7 Å². The molecular weight excluding hydrogens is 481 g/mol. The fraction of sp³-hybridized carbons (Fsp3) is 0.323. The van der Waals surface area contributed by atoms with E-state index < -0.39 is 0 Å². The Morgan fingerprint density at radius 2 is 1.71 bits per heavy atom. The third-order valence-corrected chi connectivity index (χ3v) is 6.88.